The van der Waals surface area contributed by atoms with E-state index in [-0.39, 0.29) is 57.8 Å². The summed E-state index contributed by atoms with van der Waals surface area (Å²) in [5.41, 5.74) is 9.23. The third-order valence-electron chi connectivity index (χ3n) is 13.3. The van der Waals surface area contributed by atoms with E-state index < -0.39 is 70.2 Å². The van der Waals surface area contributed by atoms with Crippen molar-refractivity contribution in [3.8, 4) is 22.5 Å². The fourth-order valence-electron chi connectivity index (χ4n) is 8.84. The summed E-state index contributed by atoms with van der Waals surface area (Å²) in [4.78, 5) is 74.6. The molecular formula is C60H56Cl2F6N14O5. The van der Waals surface area contributed by atoms with Crippen LogP contribution in [0.4, 0.5) is 82.2 Å². The molecule has 0 saturated heterocycles. The minimum absolute atomic E-state index is 0.000289. The number of nitrogen functional groups attached to an aromatic ring is 1. The number of anilines is 8. The summed E-state index contributed by atoms with van der Waals surface area (Å²) in [5, 5.41) is 23.6. The van der Waals surface area contributed by atoms with Gasteiger partial charge in [-0.1, -0.05) is 47.5 Å². The lowest BCUT2D eigenvalue weighted by Gasteiger charge is -2.31. The smallest absolute Gasteiger partial charge is 0.335 e. The number of amides is 5. The van der Waals surface area contributed by atoms with Gasteiger partial charge in [0.2, 0.25) is 11.9 Å². The number of carboxylic acids is 1. The number of fused-ring (bicyclic) bond motifs is 2. The summed E-state index contributed by atoms with van der Waals surface area (Å²) >= 11 is 11.2. The van der Waals surface area contributed by atoms with Gasteiger partial charge >= 0.3 is 18.0 Å². The minimum Gasteiger partial charge on any atom is -0.478 e. The molecule has 5 amide bonds. The van der Waals surface area contributed by atoms with Crippen molar-refractivity contribution < 1.29 is 50.6 Å². The van der Waals surface area contributed by atoms with Crippen molar-refractivity contribution in [1.82, 2.24) is 40.4 Å². The van der Waals surface area contributed by atoms with Crippen LogP contribution in [0.1, 0.15) is 43.0 Å². The van der Waals surface area contributed by atoms with E-state index >= 15 is 0 Å². The number of nitrogens with one attached hydrogen (secondary N) is 5. The molecule has 2 aliphatic rings. The van der Waals surface area contributed by atoms with Crippen LogP contribution < -0.4 is 42.1 Å². The second-order valence-corrected chi connectivity index (χ2v) is 20.9. The van der Waals surface area contributed by atoms with Crippen molar-refractivity contribution >= 4 is 93.4 Å². The second-order valence-electron chi connectivity index (χ2n) is 20.1. The van der Waals surface area contributed by atoms with Gasteiger partial charge in [0.05, 0.1) is 40.1 Å². The molecule has 8 N–H and O–H groups in total. The molecule has 0 aliphatic carbocycles. The monoisotopic (exact) mass is 1240 g/mol. The van der Waals surface area contributed by atoms with E-state index in [1.807, 2.05) is 44.9 Å². The molecule has 0 fully saturated rings. The molecule has 0 bridgehead atoms. The van der Waals surface area contributed by atoms with Crippen LogP contribution >= 0.6 is 23.2 Å². The Balaban J connectivity index is 0.000000200. The Bertz CT molecular complexity index is 3920. The molecule has 0 radical (unpaired) electrons. The van der Waals surface area contributed by atoms with Gasteiger partial charge < -0.3 is 47.2 Å². The minimum atomic E-state index is -1.11. The average Bonchev–Trinajstić information content (AvgIpc) is 0.885. The van der Waals surface area contributed by atoms with Gasteiger partial charge in [-0.15, -0.1) is 0 Å². The number of carboxylic acid groups (broad SMARTS) is 1. The molecule has 10 rings (SSSR count). The molecule has 6 aromatic carbocycles. The number of nitrogens with zero attached hydrogens (tertiary/aromatic N) is 8. The SMILES string of the molecule is Cc1ccc(C(=O)Nc2ccc(F)c(Cl)c2)cc1-c1nc(NCCN(C)C)nc2c1CNC(=O)N2c1c(F)cccc1F.Cc1ccc(C(=O)O)cc1-c1nc(NCCN(C)C)nc2c1CNC(=O)N2c1c(F)cccc1F.Nc1ccc(F)c(Cl)c1. The van der Waals surface area contributed by atoms with Crippen LogP contribution in [0.5, 0.6) is 0 Å². The largest absolute Gasteiger partial charge is 0.478 e. The topological polar surface area (TPSA) is 239 Å². The van der Waals surface area contributed by atoms with Crippen molar-refractivity contribution in [2.24, 2.45) is 0 Å². The molecule has 0 atom stereocenters. The van der Waals surface area contributed by atoms with E-state index in [2.05, 4.69) is 41.5 Å². The standard InChI is InChI=1S/C30H27ClF3N7O2.C24H24F2N6O3.C6H5ClFN/c1-16-7-8-17(28(42)37-18-9-10-22(32)21(31)14-18)13-19(16)25-20-15-36-30(43)41(26-23(33)5-4-6-24(26)34)27(20)39-29(38-25)35-11-12-40(2)3;1-13-7-8-14(22(33)34)11-15(13)19-16-12-28-24(35)32(20-17(25)5-4-6-18(20)26)21(16)30-23(29-19)27-9-10-31(2)3;7-5-3-4(9)1-2-6(5)8/h4-10,13-14H,11-12,15H2,1-3H3,(H,36,43)(H,37,42)(H,35,38,39);4-8,11H,9-10,12H2,1-3H3,(H,28,35)(H,33,34)(H,27,29,30);1-3H,9H2. The predicted molar refractivity (Wildman–Crippen MR) is 322 cm³/mol. The van der Waals surface area contributed by atoms with E-state index in [1.54, 1.807) is 31.2 Å². The van der Waals surface area contributed by atoms with Crippen LogP contribution in [-0.4, -0.2) is 113 Å². The number of carbonyl (C=O) groups is 4. The number of hydrogen-bond donors (Lipinski definition) is 7. The maximum Gasteiger partial charge on any atom is 0.335 e. The van der Waals surface area contributed by atoms with Crippen LogP contribution in [0.25, 0.3) is 22.5 Å². The number of halogens is 8. The Hall–Kier alpha value is -9.56. The highest BCUT2D eigenvalue weighted by Gasteiger charge is 2.36. The molecule has 2 aliphatic heterocycles. The third-order valence-corrected chi connectivity index (χ3v) is 13.8. The predicted octanol–water partition coefficient (Wildman–Crippen LogP) is 11.9. The van der Waals surface area contributed by atoms with Crippen molar-refractivity contribution in [3.05, 3.63) is 188 Å². The maximum absolute atomic E-state index is 15.0. The van der Waals surface area contributed by atoms with Gasteiger partial charge in [0, 0.05) is 65.4 Å². The number of aromatic carboxylic acids is 1. The molecule has 452 valence electrons. The molecule has 27 heteroatoms. The molecule has 0 saturated carbocycles. The first kappa shape index (κ1) is 63.5. The Labute approximate surface area is 505 Å². The number of likely N-dealkylation sites (N-methyl/N-ethyl adjacent to an activating group) is 2. The Morgan fingerprint density at radius 3 is 1.43 bits per heavy atom. The zero-order valence-corrected chi connectivity index (χ0v) is 48.9. The first-order valence-electron chi connectivity index (χ1n) is 26.5. The Kier molecular flexibility index (Phi) is 20.2. The zero-order valence-electron chi connectivity index (χ0n) is 47.4. The van der Waals surface area contributed by atoms with Gasteiger partial charge in [-0.25, -0.2) is 60.5 Å². The maximum atomic E-state index is 15.0. The number of carbonyl (C=O) groups excluding carboxylic acids is 3. The van der Waals surface area contributed by atoms with Crippen molar-refractivity contribution in [1.29, 1.82) is 0 Å². The number of urea groups is 2. The number of benzene rings is 6. The van der Waals surface area contributed by atoms with Gasteiger partial charge in [-0.3, -0.25) is 4.79 Å². The van der Waals surface area contributed by atoms with E-state index in [1.165, 1.54) is 54.6 Å². The van der Waals surface area contributed by atoms with E-state index in [4.69, 9.17) is 33.9 Å². The highest BCUT2D eigenvalue weighted by Crippen LogP contribution is 2.41. The third kappa shape index (κ3) is 14.9. The molecule has 87 heavy (non-hydrogen) atoms. The summed E-state index contributed by atoms with van der Waals surface area (Å²) in [6.07, 6.45) is 0. The van der Waals surface area contributed by atoms with Crippen molar-refractivity contribution in [3.63, 3.8) is 0 Å². The molecule has 8 aromatic rings. The van der Waals surface area contributed by atoms with Crippen molar-refractivity contribution in [2.45, 2.75) is 26.9 Å². The number of para-hydroxylation sites is 2. The molecule has 2 aromatic heterocycles. The summed E-state index contributed by atoms with van der Waals surface area (Å²) in [6, 6.07) is 22.6. The summed E-state index contributed by atoms with van der Waals surface area (Å²) in [5.74, 6) is -6.12. The lowest BCUT2D eigenvalue weighted by molar-refractivity contribution is 0.0696. The number of nitrogens with two attached hydrogens (primary N) is 1. The molecular weight excluding hydrogens is 1180 g/mol. The fourth-order valence-corrected chi connectivity index (χ4v) is 9.21. The van der Waals surface area contributed by atoms with Crippen LogP contribution in [0, 0.1) is 48.8 Å². The summed E-state index contributed by atoms with van der Waals surface area (Å²) in [7, 11) is 7.59. The van der Waals surface area contributed by atoms with Gasteiger partial charge in [-0.2, -0.15) is 9.97 Å². The first-order valence-corrected chi connectivity index (χ1v) is 27.2. The number of rotatable bonds is 15. The normalized spacial score (nSPS) is 12.5. The van der Waals surface area contributed by atoms with Crippen LogP contribution in [0.15, 0.2) is 109 Å². The van der Waals surface area contributed by atoms with E-state index in [0.29, 0.717) is 71.2 Å². The molecule has 19 nitrogen and oxygen atoms in total. The summed E-state index contributed by atoms with van der Waals surface area (Å²) in [6.45, 7) is 5.75. The average molecular weight is 1240 g/mol. The zero-order chi connectivity index (χ0) is 63.0. The van der Waals surface area contributed by atoms with Crippen LogP contribution in [0.2, 0.25) is 10.0 Å². The van der Waals surface area contributed by atoms with E-state index in [9.17, 15) is 50.6 Å². The van der Waals surface area contributed by atoms with Gasteiger partial charge in [0.1, 0.15) is 46.3 Å². The fraction of sp³-hybridized carbons (Fsp3) is 0.200. The second kappa shape index (κ2) is 27.6. The van der Waals surface area contributed by atoms with Crippen LogP contribution in [-0.2, 0) is 13.1 Å². The van der Waals surface area contributed by atoms with Crippen LogP contribution in [0.3, 0.4) is 0 Å². The Morgan fingerprint density at radius 2 is 1.01 bits per heavy atom. The van der Waals surface area contributed by atoms with Gasteiger partial charge in [0.25, 0.3) is 5.91 Å². The van der Waals surface area contributed by atoms with Gasteiger partial charge in [-0.05, 0) is 138 Å². The van der Waals surface area contributed by atoms with Crippen molar-refractivity contribution in [2.75, 3.05) is 85.9 Å². The van der Waals surface area contributed by atoms with Gasteiger partial charge in [0.15, 0.2) is 11.6 Å². The quantitative estimate of drug-likeness (QED) is 0.0373. The number of hydrogen-bond acceptors (Lipinski definition) is 13. The van der Waals surface area contributed by atoms with E-state index in [0.717, 1.165) is 51.3 Å². The highest BCUT2D eigenvalue weighted by molar-refractivity contribution is 6.31. The first-order chi connectivity index (χ1) is 41.4. The molecule has 0 spiro atoms. The number of aryl methyl sites for hydroxylation is 2. The lowest BCUT2D eigenvalue weighted by atomic mass is 9.97. The molecule has 0 unspecified atom stereocenters. The molecule has 4 heterocycles. The summed E-state index contributed by atoms with van der Waals surface area (Å²) < 4.78 is 85.3. The lowest BCUT2D eigenvalue weighted by Crippen LogP contribution is -2.43. The Morgan fingerprint density at radius 1 is 0.586 bits per heavy atom. The number of aromatic nitrogens is 4. The highest BCUT2D eigenvalue weighted by atomic mass is 35.5.